The van der Waals surface area contributed by atoms with Crippen LogP contribution in [0.25, 0.3) is 0 Å². The molecule has 1 aromatic carbocycles. The quantitative estimate of drug-likeness (QED) is 0.744. The van der Waals surface area contributed by atoms with E-state index in [9.17, 15) is 4.79 Å². The highest BCUT2D eigenvalue weighted by atomic mass is 35.5. The topological polar surface area (TPSA) is 79.8 Å². The van der Waals surface area contributed by atoms with E-state index in [2.05, 4.69) is 25.8 Å². The fourth-order valence-corrected chi connectivity index (χ4v) is 2.20. The summed E-state index contributed by atoms with van der Waals surface area (Å²) in [5.74, 6) is 0.689. The largest absolute Gasteiger partial charge is 0.364 e. The third-order valence-corrected chi connectivity index (χ3v) is 3.42. The van der Waals surface area contributed by atoms with Crippen molar-refractivity contribution in [2.45, 2.75) is 6.54 Å². The van der Waals surface area contributed by atoms with Crippen molar-refractivity contribution >= 4 is 29.1 Å². The van der Waals surface area contributed by atoms with E-state index in [-0.39, 0.29) is 5.91 Å². The highest BCUT2D eigenvalue weighted by Crippen LogP contribution is 2.13. The number of nitrogens with one attached hydrogen (secondary N) is 2. The molecule has 7 heteroatoms. The molecule has 2 heterocycles. The molecular weight excluding hydrogens is 326 g/mol. The van der Waals surface area contributed by atoms with Gasteiger partial charge in [0.25, 0.3) is 5.91 Å². The Labute approximate surface area is 143 Å². The first-order chi connectivity index (χ1) is 11.7. The Hall–Kier alpha value is -2.99. The van der Waals surface area contributed by atoms with Crippen molar-refractivity contribution in [3.8, 4) is 0 Å². The minimum atomic E-state index is -0.289. The molecule has 0 fully saturated rings. The molecule has 6 nitrogen and oxygen atoms in total. The summed E-state index contributed by atoms with van der Waals surface area (Å²) >= 11 is 5.88. The Morgan fingerprint density at radius 2 is 1.88 bits per heavy atom. The summed E-state index contributed by atoms with van der Waals surface area (Å²) in [5, 5.41) is 14.3. The molecule has 0 saturated heterocycles. The average molecular weight is 340 g/mol. The zero-order chi connectivity index (χ0) is 16.8. The molecule has 0 atom stereocenters. The maximum absolute atomic E-state index is 12.1. The first-order valence-electron chi connectivity index (χ1n) is 7.24. The Kier molecular flexibility index (Phi) is 4.98. The molecule has 0 radical (unpaired) electrons. The molecule has 0 saturated carbocycles. The van der Waals surface area contributed by atoms with Crippen molar-refractivity contribution in [1.82, 2.24) is 15.2 Å². The van der Waals surface area contributed by atoms with Gasteiger partial charge >= 0.3 is 0 Å². The second-order valence-electron chi connectivity index (χ2n) is 4.98. The molecule has 0 bridgehead atoms. The van der Waals surface area contributed by atoms with E-state index >= 15 is 0 Å². The number of hydrogen-bond donors (Lipinski definition) is 2. The van der Waals surface area contributed by atoms with Gasteiger partial charge in [-0.2, -0.15) is 0 Å². The fraction of sp³-hybridized carbons (Fsp3) is 0.0588. The second kappa shape index (κ2) is 7.52. The van der Waals surface area contributed by atoms with Crippen molar-refractivity contribution in [2.24, 2.45) is 0 Å². The van der Waals surface area contributed by atoms with Crippen LogP contribution in [0.4, 0.5) is 11.6 Å². The molecule has 2 N–H and O–H groups in total. The van der Waals surface area contributed by atoms with Crippen LogP contribution >= 0.6 is 11.6 Å². The minimum Gasteiger partial charge on any atom is -0.364 e. The zero-order valence-corrected chi connectivity index (χ0v) is 13.4. The van der Waals surface area contributed by atoms with Crippen LogP contribution in [0.2, 0.25) is 5.02 Å². The number of aromatic nitrogens is 3. The molecule has 0 unspecified atom stereocenters. The molecule has 120 valence electrons. The van der Waals surface area contributed by atoms with Crippen molar-refractivity contribution in [2.75, 3.05) is 10.6 Å². The number of carbonyl (C=O) groups excluding carboxylic acids is 1. The van der Waals surface area contributed by atoms with E-state index in [1.54, 1.807) is 48.8 Å². The normalized spacial score (nSPS) is 10.2. The van der Waals surface area contributed by atoms with Crippen molar-refractivity contribution in [3.63, 3.8) is 0 Å². The SMILES string of the molecule is O=C(Nc1ccc(NCc2cccnc2)nn1)c1cccc(Cl)c1. The molecule has 1 amide bonds. The van der Waals surface area contributed by atoms with Crippen LogP contribution in [-0.4, -0.2) is 21.1 Å². The van der Waals surface area contributed by atoms with Gasteiger partial charge in [-0.1, -0.05) is 23.7 Å². The number of carbonyl (C=O) groups is 1. The molecule has 0 aliphatic carbocycles. The highest BCUT2D eigenvalue weighted by molar-refractivity contribution is 6.31. The van der Waals surface area contributed by atoms with Gasteiger partial charge in [-0.3, -0.25) is 9.78 Å². The zero-order valence-electron chi connectivity index (χ0n) is 12.6. The second-order valence-corrected chi connectivity index (χ2v) is 5.42. The van der Waals surface area contributed by atoms with Crippen LogP contribution in [0.1, 0.15) is 15.9 Å². The molecule has 3 aromatic rings. The van der Waals surface area contributed by atoms with Gasteiger partial charge in [0.2, 0.25) is 0 Å². The van der Waals surface area contributed by atoms with Gasteiger partial charge in [0.1, 0.15) is 5.82 Å². The smallest absolute Gasteiger partial charge is 0.256 e. The molecule has 0 aliphatic rings. The monoisotopic (exact) mass is 339 g/mol. The molecule has 2 aromatic heterocycles. The standard InChI is InChI=1S/C17H14ClN5O/c18-14-5-1-4-13(9-14)17(24)21-16-7-6-15(22-23-16)20-11-12-3-2-8-19-10-12/h1-10H,11H2,(H,20,22)(H,21,23,24). The molecule has 24 heavy (non-hydrogen) atoms. The van der Waals surface area contributed by atoms with Gasteiger partial charge in [0, 0.05) is 29.5 Å². The summed E-state index contributed by atoms with van der Waals surface area (Å²) < 4.78 is 0. The number of anilines is 2. The predicted octanol–water partition coefficient (Wildman–Crippen LogP) is 3.39. The number of amides is 1. The molecule has 0 spiro atoms. The Morgan fingerprint density at radius 1 is 1.04 bits per heavy atom. The number of halogens is 1. The third kappa shape index (κ3) is 4.27. The van der Waals surface area contributed by atoms with E-state index in [1.807, 2.05) is 12.1 Å². The summed E-state index contributed by atoms with van der Waals surface area (Å²) in [7, 11) is 0. The lowest BCUT2D eigenvalue weighted by Gasteiger charge is -2.07. The first-order valence-corrected chi connectivity index (χ1v) is 7.62. The Bertz CT molecular complexity index is 824. The lowest BCUT2D eigenvalue weighted by atomic mass is 10.2. The van der Waals surface area contributed by atoms with Crippen LogP contribution in [0, 0.1) is 0 Å². The Balaban J connectivity index is 1.59. The van der Waals surface area contributed by atoms with Gasteiger partial charge in [-0.15, -0.1) is 10.2 Å². The average Bonchev–Trinajstić information content (AvgIpc) is 2.62. The van der Waals surface area contributed by atoms with Crippen molar-refractivity contribution < 1.29 is 4.79 Å². The molecule has 0 aliphatic heterocycles. The van der Waals surface area contributed by atoms with Crippen LogP contribution in [0.15, 0.2) is 60.9 Å². The maximum atomic E-state index is 12.1. The summed E-state index contributed by atoms with van der Waals surface area (Å²) in [4.78, 5) is 16.1. The lowest BCUT2D eigenvalue weighted by molar-refractivity contribution is 0.102. The van der Waals surface area contributed by atoms with Gasteiger partial charge in [0.05, 0.1) is 0 Å². The van der Waals surface area contributed by atoms with Gasteiger partial charge < -0.3 is 10.6 Å². The van der Waals surface area contributed by atoms with E-state index < -0.39 is 0 Å². The third-order valence-electron chi connectivity index (χ3n) is 3.19. The van der Waals surface area contributed by atoms with E-state index in [0.29, 0.717) is 28.8 Å². The number of pyridine rings is 1. The Morgan fingerprint density at radius 3 is 2.58 bits per heavy atom. The highest BCUT2D eigenvalue weighted by Gasteiger charge is 2.07. The van der Waals surface area contributed by atoms with E-state index in [0.717, 1.165) is 5.56 Å². The van der Waals surface area contributed by atoms with Crippen LogP contribution in [0.5, 0.6) is 0 Å². The first kappa shape index (κ1) is 15.9. The van der Waals surface area contributed by atoms with Crippen LogP contribution in [0.3, 0.4) is 0 Å². The van der Waals surface area contributed by atoms with Crippen molar-refractivity contribution in [3.05, 3.63) is 77.1 Å². The van der Waals surface area contributed by atoms with Crippen LogP contribution < -0.4 is 10.6 Å². The van der Waals surface area contributed by atoms with Gasteiger partial charge in [-0.05, 0) is 42.0 Å². The fourth-order valence-electron chi connectivity index (χ4n) is 2.01. The number of benzene rings is 1. The number of rotatable bonds is 5. The predicted molar refractivity (Wildman–Crippen MR) is 93.0 cm³/mol. The van der Waals surface area contributed by atoms with Gasteiger partial charge in [0.15, 0.2) is 5.82 Å². The summed E-state index contributed by atoms with van der Waals surface area (Å²) in [6, 6.07) is 14.0. The van der Waals surface area contributed by atoms with Crippen LogP contribution in [-0.2, 0) is 6.54 Å². The minimum absolute atomic E-state index is 0.289. The summed E-state index contributed by atoms with van der Waals surface area (Å²) in [6.07, 6.45) is 3.50. The molecular formula is C17H14ClN5O. The van der Waals surface area contributed by atoms with E-state index in [1.165, 1.54) is 0 Å². The molecule has 3 rings (SSSR count). The van der Waals surface area contributed by atoms with E-state index in [4.69, 9.17) is 11.6 Å². The summed E-state index contributed by atoms with van der Waals surface area (Å²) in [6.45, 7) is 0.594. The lowest BCUT2D eigenvalue weighted by Crippen LogP contribution is -2.13. The maximum Gasteiger partial charge on any atom is 0.256 e. The summed E-state index contributed by atoms with van der Waals surface area (Å²) in [5.41, 5.74) is 1.50. The number of hydrogen-bond acceptors (Lipinski definition) is 5. The van der Waals surface area contributed by atoms with Gasteiger partial charge in [-0.25, -0.2) is 0 Å². The van der Waals surface area contributed by atoms with Crippen molar-refractivity contribution in [1.29, 1.82) is 0 Å². The number of nitrogens with zero attached hydrogens (tertiary/aromatic N) is 3.